The van der Waals surface area contributed by atoms with E-state index in [0.29, 0.717) is 18.1 Å². The largest absolute Gasteiger partial charge is 0.481 e. The van der Waals surface area contributed by atoms with E-state index in [1.165, 1.54) is 11.8 Å². The number of carboxylic acids is 1. The van der Waals surface area contributed by atoms with Crippen molar-refractivity contribution in [2.75, 3.05) is 23.8 Å². The molecule has 0 amide bonds. The molecule has 0 saturated carbocycles. The van der Waals surface area contributed by atoms with Gasteiger partial charge in [-0.1, -0.05) is 0 Å². The Labute approximate surface area is 92.7 Å². The molecular formula is C7H15N3O2S2. The minimum atomic E-state index is -0.813. The Morgan fingerprint density at radius 1 is 1.71 bits per heavy atom. The van der Waals surface area contributed by atoms with Crippen LogP contribution in [0.15, 0.2) is 0 Å². The average Bonchev–Trinajstić information content (AvgIpc) is 2.10. The Kier molecular flexibility index (Phi) is 7.50. The third-order valence-corrected chi connectivity index (χ3v) is 3.02. The van der Waals surface area contributed by atoms with Crippen molar-refractivity contribution in [1.82, 2.24) is 5.32 Å². The van der Waals surface area contributed by atoms with Gasteiger partial charge < -0.3 is 16.2 Å². The van der Waals surface area contributed by atoms with Gasteiger partial charge in [-0.3, -0.25) is 10.2 Å². The summed E-state index contributed by atoms with van der Waals surface area (Å²) in [5.41, 5.74) is 5.07. The molecule has 0 rings (SSSR count). The molecule has 0 bridgehead atoms. The molecule has 0 aromatic rings. The summed E-state index contributed by atoms with van der Waals surface area (Å²) < 4.78 is 0. The molecule has 5 N–H and O–H groups in total. The first-order chi connectivity index (χ1) is 6.57. The fourth-order valence-electron chi connectivity index (χ4n) is 0.686. The number of guanidine groups is 1. The zero-order valence-corrected chi connectivity index (χ0v) is 9.40. The third-order valence-electron chi connectivity index (χ3n) is 1.45. The topological polar surface area (TPSA) is 99.2 Å². The maximum Gasteiger partial charge on any atom is 0.308 e. The molecule has 82 valence electrons. The highest BCUT2D eigenvalue weighted by molar-refractivity contribution is 7.99. The summed E-state index contributed by atoms with van der Waals surface area (Å²) in [6.07, 6.45) is 0. The molecule has 1 unspecified atom stereocenters. The third kappa shape index (κ3) is 6.90. The van der Waals surface area contributed by atoms with Gasteiger partial charge in [-0.15, -0.1) is 0 Å². The lowest BCUT2D eigenvalue weighted by Crippen LogP contribution is -2.32. The van der Waals surface area contributed by atoms with Crippen LogP contribution in [0, 0.1) is 11.3 Å². The molecule has 0 radical (unpaired) electrons. The van der Waals surface area contributed by atoms with Gasteiger partial charge in [0, 0.05) is 23.8 Å². The van der Waals surface area contributed by atoms with Crippen molar-refractivity contribution in [3.05, 3.63) is 0 Å². The molecule has 0 saturated heterocycles. The van der Waals surface area contributed by atoms with Crippen molar-refractivity contribution in [3.63, 3.8) is 0 Å². The predicted molar refractivity (Wildman–Crippen MR) is 62.2 cm³/mol. The number of aliphatic carboxylic acids is 1. The molecule has 0 fully saturated rings. The van der Waals surface area contributed by atoms with Crippen LogP contribution in [0.5, 0.6) is 0 Å². The quantitative estimate of drug-likeness (QED) is 0.183. The first-order valence-electron chi connectivity index (χ1n) is 4.07. The van der Waals surface area contributed by atoms with Crippen LogP contribution in [0.1, 0.15) is 0 Å². The predicted octanol–water partition coefficient (Wildman–Crippen LogP) is -0.167. The molecule has 7 heteroatoms. The molecular weight excluding hydrogens is 222 g/mol. The zero-order valence-electron chi connectivity index (χ0n) is 7.69. The number of thioether (sulfide) groups is 1. The SMILES string of the molecule is N=C(N)NCCSCC(CS)C(=O)O. The highest BCUT2D eigenvalue weighted by Crippen LogP contribution is 2.09. The van der Waals surface area contributed by atoms with Crippen LogP contribution in [-0.2, 0) is 4.79 Å². The van der Waals surface area contributed by atoms with Crippen LogP contribution in [0.25, 0.3) is 0 Å². The Hall–Kier alpha value is -0.560. The molecule has 0 aliphatic carbocycles. The molecule has 0 aromatic carbocycles. The van der Waals surface area contributed by atoms with Crippen LogP contribution in [0.2, 0.25) is 0 Å². The van der Waals surface area contributed by atoms with Crippen LogP contribution < -0.4 is 11.1 Å². The van der Waals surface area contributed by atoms with E-state index in [2.05, 4.69) is 17.9 Å². The lowest BCUT2D eigenvalue weighted by atomic mass is 10.2. The van der Waals surface area contributed by atoms with Gasteiger partial charge in [0.2, 0.25) is 0 Å². The molecule has 5 nitrogen and oxygen atoms in total. The fraction of sp³-hybridized carbons (Fsp3) is 0.714. The number of hydrogen-bond donors (Lipinski definition) is 5. The van der Waals surface area contributed by atoms with E-state index in [1.54, 1.807) is 0 Å². The zero-order chi connectivity index (χ0) is 11.0. The van der Waals surface area contributed by atoms with Gasteiger partial charge in [0.1, 0.15) is 0 Å². The summed E-state index contributed by atoms with van der Waals surface area (Å²) in [4.78, 5) is 10.6. The summed E-state index contributed by atoms with van der Waals surface area (Å²) in [5, 5.41) is 18.2. The summed E-state index contributed by atoms with van der Waals surface area (Å²) in [5.74, 6) is 0.347. The standard InChI is InChI=1S/C7H15N3O2S2/c8-7(9)10-1-2-14-4-5(3-13)6(11)12/h5,13H,1-4H2,(H,11,12)(H4,8,9,10). The minimum absolute atomic E-state index is 0.0606. The van der Waals surface area contributed by atoms with E-state index >= 15 is 0 Å². The van der Waals surface area contributed by atoms with E-state index in [0.717, 1.165) is 5.75 Å². The number of rotatable bonds is 7. The van der Waals surface area contributed by atoms with Gasteiger partial charge in [0.25, 0.3) is 0 Å². The van der Waals surface area contributed by atoms with E-state index in [4.69, 9.17) is 16.2 Å². The lowest BCUT2D eigenvalue weighted by molar-refractivity contribution is -0.140. The van der Waals surface area contributed by atoms with Crippen molar-refractivity contribution < 1.29 is 9.90 Å². The Balaban J connectivity index is 3.42. The second-order valence-electron chi connectivity index (χ2n) is 2.63. The monoisotopic (exact) mass is 237 g/mol. The maximum absolute atomic E-state index is 10.6. The van der Waals surface area contributed by atoms with Crippen molar-refractivity contribution >= 4 is 36.3 Å². The molecule has 14 heavy (non-hydrogen) atoms. The van der Waals surface area contributed by atoms with E-state index < -0.39 is 11.9 Å². The molecule has 0 heterocycles. The second-order valence-corrected chi connectivity index (χ2v) is 4.15. The Bertz CT molecular complexity index is 201. The van der Waals surface area contributed by atoms with Crippen LogP contribution in [0.3, 0.4) is 0 Å². The van der Waals surface area contributed by atoms with E-state index in [-0.39, 0.29) is 5.96 Å². The number of thiol groups is 1. The molecule has 0 aliphatic rings. The van der Waals surface area contributed by atoms with Crippen LogP contribution in [0.4, 0.5) is 0 Å². The lowest BCUT2D eigenvalue weighted by Gasteiger charge is -2.08. The summed E-state index contributed by atoms with van der Waals surface area (Å²) in [6.45, 7) is 0.582. The highest BCUT2D eigenvalue weighted by atomic mass is 32.2. The van der Waals surface area contributed by atoms with E-state index in [1.807, 2.05) is 0 Å². The van der Waals surface area contributed by atoms with Gasteiger partial charge in [0.05, 0.1) is 5.92 Å². The Morgan fingerprint density at radius 2 is 2.36 bits per heavy atom. The first-order valence-corrected chi connectivity index (χ1v) is 5.86. The summed E-state index contributed by atoms with van der Waals surface area (Å²) in [7, 11) is 0. The normalized spacial score (nSPS) is 12.1. The number of carboxylic acid groups (broad SMARTS) is 1. The summed E-state index contributed by atoms with van der Waals surface area (Å²) in [6, 6.07) is 0. The van der Waals surface area contributed by atoms with E-state index in [9.17, 15) is 4.79 Å². The van der Waals surface area contributed by atoms with Gasteiger partial charge in [-0.05, 0) is 0 Å². The molecule has 1 atom stereocenters. The van der Waals surface area contributed by atoms with Crippen molar-refractivity contribution in [2.45, 2.75) is 0 Å². The molecule has 0 aromatic heterocycles. The number of nitrogens with two attached hydrogens (primary N) is 1. The van der Waals surface area contributed by atoms with Gasteiger partial charge in [-0.25, -0.2) is 0 Å². The fourth-order valence-corrected chi connectivity index (χ4v) is 2.10. The second kappa shape index (κ2) is 7.81. The smallest absolute Gasteiger partial charge is 0.308 e. The van der Waals surface area contributed by atoms with Crippen LogP contribution >= 0.6 is 24.4 Å². The average molecular weight is 237 g/mol. The number of nitrogens with one attached hydrogen (secondary N) is 2. The van der Waals surface area contributed by atoms with Crippen molar-refractivity contribution in [2.24, 2.45) is 11.7 Å². The minimum Gasteiger partial charge on any atom is -0.481 e. The maximum atomic E-state index is 10.6. The first kappa shape index (κ1) is 13.4. The van der Waals surface area contributed by atoms with Crippen molar-refractivity contribution in [3.8, 4) is 0 Å². The van der Waals surface area contributed by atoms with Gasteiger partial charge in [0.15, 0.2) is 5.96 Å². The van der Waals surface area contributed by atoms with Crippen LogP contribution in [-0.4, -0.2) is 40.8 Å². The number of hydrogen-bond acceptors (Lipinski definition) is 4. The Morgan fingerprint density at radius 3 is 2.79 bits per heavy atom. The molecule has 0 aliphatic heterocycles. The van der Waals surface area contributed by atoms with Crippen molar-refractivity contribution in [1.29, 1.82) is 5.41 Å². The molecule has 0 spiro atoms. The highest BCUT2D eigenvalue weighted by Gasteiger charge is 2.14. The van der Waals surface area contributed by atoms with Gasteiger partial charge >= 0.3 is 5.97 Å². The summed E-state index contributed by atoms with van der Waals surface area (Å²) >= 11 is 5.46. The van der Waals surface area contributed by atoms with Gasteiger partial charge in [-0.2, -0.15) is 24.4 Å². The number of carbonyl (C=O) groups is 1.